The molecule has 1 aromatic rings. The first-order valence-electron chi connectivity index (χ1n) is 6.52. The van der Waals surface area contributed by atoms with Crippen LogP contribution in [0.1, 0.15) is 19.8 Å². The summed E-state index contributed by atoms with van der Waals surface area (Å²) in [5.74, 6) is 1.03. The highest BCUT2D eigenvalue weighted by atomic mass is 16.2. The van der Waals surface area contributed by atoms with Crippen molar-refractivity contribution in [2.24, 2.45) is 0 Å². The molecule has 1 unspecified atom stereocenters. The van der Waals surface area contributed by atoms with E-state index in [0.717, 1.165) is 39.0 Å². The van der Waals surface area contributed by atoms with Gasteiger partial charge in [-0.2, -0.15) is 4.98 Å². The third kappa shape index (κ3) is 2.91. The number of nitrogens with zero attached hydrogens (tertiary/aromatic N) is 4. The van der Waals surface area contributed by atoms with Crippen LogP contribution in [0.15, 0.2) is 0 Å². The highest BCUT2D eigenvalue weighted by Gasteiger charge is 2.27. The summed E-state index contributed by atoms with van der Waals surface area (Å²) in [5.41, 5.74) is 5.55. The fourth-order valence-electron chi connectivity index (χ4n) is 2.50. The van der Waals surface area contributed by atoms with Crippen LogP contribution in [0.4, 0.5) is 11.9 Å². The van der Waals surface area contributed by atoms with Gasteiger partial charge in [0.05, 0.1) is 0 Å². The zero-order chi connectivity index (χ0) is 13.0. The number of aliphatic hydroxyl groups is 1. The maximum Gasteiger partial charge on any atom is 0.246 e. The minimum absolute atomic E-state index is 0.252. The van der Waals surface area contributed by atoms with Crippen molar-refractivity contribution in [3.63, 3.8) is 0 Å². The first kappa shape index (κ1) is 13.1. The molecule has 2 rings (SSSR count). The van der Waals surface area contributed by atoms with Gasteiger partial charge >= 0.3 is 0 Å². The van der Waals surface area contributed by atoms with Crippen LogP contribution in [0, 0.1) is 0 Å². The summed E-state index contributed by atoms with van der Waals surface area (Å²) < 4.78 is 0. The molecule has 0 bridgehead atoms. The summed E-state index contributed by atoms with van der Waals surface area (Å²) in [6.45, 7) is 6.28. The molecule has 1 aliphatic rings. The van der Waals surface area contributed by atoms with E-state index in [9.17, 15) is 0 Å². The van der Waals surface area contributed by atoms with Gasteiger partial charge in [-0.15, -0.1) is 5.10 Å². The van der Waals surface area contributed by atoms with Gasteiger partial charge in [-0.1, -0.05) is 6.92 Å². The van der Waals surface area contributed by atoms with Gasteiger partial charge in [-0.05, 0) is 19.4 Å². The van der Waals surface area contributed by atoms with Crippen molar-refractivity contribution in [3.05, 3.63) is 0 Å². The van der Waals surface area contributed by atoms with Crippen molar-refractivity contribution in [1.29, 1.82) is 0 Å². The first-order valence-corrected chi connectivity index (χ1v) is 6.52. The molecule has 1 saturated heterocycles. The number of H-pyrrole nitrogens is 1. The van der Waals surface area contributed by atoms with Crippen LogP contribution >= 0.6 is 0 Å². The number of nitrogen functional groups attached to an aromatic ring is 1. The number of hydrogen-bond acceptors (Lipinski definition) is 6. The van der Waals surface area contributed by atoms with Crippen LogP contribution in [-0.4, -0.2) is 64.0 Å². The van der Waals surface area contributed by atoms with E-state index in [2.05, 4.69) is 31.9 Å². The lowest BCUT2D eigenvalue weighted by atomic mass is 10.1. The molecule has 2 heterocycles. The topological polar surface area (TPSA) is 94.3 Å². The standard InChI is InChI=1S/C11H22N6O/c1-2-16-5-6-17(8-9(16)4-3-7-18)11-13-10(12)14-15-11/h9,18H,2-8H2,1H3,(H3,12,13,14,15). The van der Waals surface area contributed by atoms with Crippen molar-refractivity contribution in [2.45, 2.75) is 25.8 Å². The number of aromatic amines is 1. The smallest absolute Gasteiger partial charge is 0.246 e. The molecule has 0 aliphatic carbocycles. The van der Waals surface area contributed by atoms with E-state index in [1.54, 1.807) is 0 Å². The molecule has 7 heteroatoms. The van der Waals surface area contributed by atoms with Crippen LogP contribution in [0.25, 0.3) is 0 Å². The number of nitrogens with two attached hydrogens (primary N) is 1. The molecule has 1 fully saturated rings. The molecule has 0 spiro atoms. The number of anilines is 2. The lowest BCUT2D eigenvalue weighted by molar-refractivity contribution is 0.163. The zero-order valence-corrected chi connectivity index (χ0v) is 10.8. The van der Waals surface area contributed by atoms with E-state index < -0.39 is 0 Å². The van der Waals surface area contributed by atoms with Gasteiger partial charge < -0.3 is 15.7 Å². The summed E-state index contributed by atoms with van der Waals surface area (Å²) in [5, 5.41) is 15.7. The zero-order valence-electron chi connectivity index (χ0n) is 10.8. The molecular formula is C11H22N6O. The van der Waals surface area contributed by atoms with Crippen LogP contribution in [0.3, 0.4) is 0 Å². The Morgan fingerprint density at radius 1 is 1.50 bits per heavy atom. The number of aliphatic hydroxyl groups excluding tert-OH is 1. The fraction of sp³-hybridized carbons (Fsp3) is 0.818. The Bertz CT molecular complexity index is 368. The average Bonchev–Trinajstić information content (AvgIpc) is 2.82. The molecule has 0 aromatic carbocycles. The molecule has 0 amide bonds. The van der Waals surface area contributed by atoms with Gasteiger partial charge in [0, 0.05) is 32.3 Å². The Labute approximate surface area is 107 Å². The van der Waals surface area contributed by atoms with Crippen molar-refractivity contribution in [1.82, 2.24) is 20.1 Å². The lowest BCUT2D eigenvalue weighted by Crippen LogP contribution is -2.53. The minimum atomic E-state index is 0.252. The van der Waals surface area contributed by atoms with Crippen molar-refractivity contribution < 1.29 is 5.11 Å². The second kappa shape index (κ2) is 6.01. The van der Waals surface area contributed by atoms with Crippen LogP contribution in [0.5, 0.6) is 0 Å². The molecule has 102 valence electrons. The number of nitrogens with one attached hydrogen (secondary N) is 1. The Morgan fingerprint density at radius 3 is 2.94 bits per heavy atom. The molecular weight excluding hydrogens is 232 g/mol. The largest absolute Gasteiger partial charge is 0.396 e. The molecule has 4 N–H and O–H groups in total. The Kier molecular flexibility index (Phi) is 4.38. The quantitative estimate of drug-likeness (QED) is 0.666. The first-order chi connectivity index (χ1) is 8.74. The predicted octanol–water partition coefficient (Wildman–Crippen LogP) is -0.330. The molecule has 18 heavy (non-hydrogen) atoms. The molecule has 1 aromatic heterocycles. The minimum Gasteiger partial charge on any atom is -0.396 e. The van der Waals surface area contributed by atoms with Gasteiger partial charge in [-0.3, -0.25) is 4.90 Å². The molecule has 7 nitrogen and oxygen atoms in total. The van der Waals surface area contributed by atoms with Gasteiger partial charge in [0.1, 0.15) is 0 Å². The molecule has 1 aliphatic heterocycles. The normalized spacial score (nSPS) is 21.4. The van der Waals surface area contributed by atoms with Crippen molar-refractivity contribution >= 4 is 11.9 Å². The summed E-state index contributed by atoms with van der Waals surface area (Å²) >= 11 is 0. The number of aromatic nitrogens is 3. The number of piperazine rings is 1. The molecule has 0 radical (unpaired) electrons. The second-order valence-corrected chi connectivity index (χ2v) is 4.61. The Hall–Kier alpha value is -1.34. The van der Waals surface area contributed by atoms with Crippen LogP contribution in [0.2, 0.25) is 0 Å². The SMILES string of the molecule is CCN1CCN(c2n[nH]c(N)n2)CC1CCCO. The Morgan fingerprint density at radius 2 is 2.33 bits per heavy atom. The second-order valence-electron chi connectivity index (χ2n) is 4.61. The highest BCUT2D eigenvalue weighted by molar-refractivity contribution is 5.34. The molecule has 0 saturated carbocycles. The third-order valence-electron chi connectivity index (χ3n) is 3.48. The van der Waals surface area contributed by atoms with E-state index in [1.165, 1.54) is 0 Å². The van der Waals surface area contributed by atoms with Crippen molar-refractivity contribution in [2.75, 3.05) is 43.4 Å². The summed E-state index contributed by atoms with van der Waals surface area (Å²) in [6, 6.07) is 0.454. The summed E-state index contributed by atoms with van der Waals surface area (Å²) in [7, 11) is 0. The van der Waals surface area contributed by atoms with Gasteiger partial charge in [0.25, 0.3) is 0 Å². The predicted molar refractivity (Wildman–Crippen MR) is 70.4 cm³/mol. The van der Waals surface area contributed by atoms with E-state index in [4.69, 9.17) is 10.8 Å². The van der Waals surface area contributed by atoms with Gasteiger partial charge in [-0.25, -0.2) is 5.10 Å². The lowest BCUT2D eigenvalue weighted by Gasteiger charge is -2.40. The summed E-state index contributed by atoms with van der Waals surface area (Å²) in [6.07, 6.45) is 1.84. The monoisotopic (exact) mass is 254 g/mol. The van der Waals surface area contributed by atoms with E-state index in [0.29, 0.717) is 17.9 Å². The maximum absolute atomic E-state index is 8.96. The van der Waals surface area contributed by atoms with Crippen LogP contribution < -0.4 is 10.6 Å². The van der Waals surface area contributed by atoms with Crippen molar-refractivity contribution in [3.8, 4) is 0 Å². The van der Waals surface area contributed by atoms with Crippen LogP contribution in [-0.2, 0) is 0 Å². The maximum atomic E-state index is 8.96. The van der Waals surface area contributed by atoms with E-state index in [-0.39, 0.29) is 6.61 Å². The third-order valence-corrected chi connectivity index (χ3v) is 3.48. The summed E-state index contributed by atoms with van der Waals surface area (Å²) in [4.78, 5) is 8.77. The van der Waals surface area contributed by atoms with Gasteiger partial charge in [0.15, 0.2) is 0 Å². The average molecular weight is 254 g/mol. The van der Waals surface area contributed by atoms with E-state index >= 15 is 0 Å². The Balaban J connectivity index is 1.99. The van der Waals surface area contributed by atoms with E-state index in [1.807, 2.05) is 0 Å². The highest BCUT2D eigenvalue weighted by Crippen LogP contribution is 2.18. The number of hydrogen-bond donors (Lipinski definition) is 3. The number of likely N-dealkylation sites (N-methyl/N-ethyl adjacent to an activating group) is 1. The fourth-order valence-corrected chi connectivity index (χ4v) is 2.50. The van der Waals surface area contributed by atoms with Gasteiger partial charge in [0.2, 0.25) is 11.9 Å². The molecule has 1 atom stereocenters. The number of rotatable bonds is 5.